The highest BCUT2D eigenvalue weighted by Gasteiger charge is 2.22. The van der Waals surface area contributed by atoms with E-state index in [2.05, 4.69) is 37.7 Å². The number of aromatic amines is 1. The lowest BCUT2D eigenvalue weighted by Gasteiger charge is -2.24. The Morgan fingerprint density at radius 3 is 2.93 bits per heavy atom. The number of amides is 1. The molecule has 3 aromatic heterocycles. The SMILES string of the molecule is C=CC(=O)NC1CCC=C(c2ccnc3[nH]cc(-c4cccnc4OC(F)F)c23)C1. The molecule has 0 bridgehead atoms. The summed E-state index contributed by atoms with van der Waals surface area (Å²) in [5, 5.41) is 3.75. The van der Waals surface area contributed by atoms with Crippen LogP contribution in [0.15, 0.2) is 55.5 Å². The molecule has 4 rings (SSSR count). The van der Waals surface area contributed by atoms with E-state index in [1.165, 1.54) is 12.3 Å². The number of fused-ring (bicyclic) bond motifs is 1. The van der Waals surface area contributed by atoms with E-state index in [-0.39, 0.29) is 17.8 Å². The van der Waals surface area contributed by atoms with E-state index in [0.29, 0.717) is 23.2 Å². The van der Waals surface area contributed by atoms with E-state index in [1.54, 1.807) is 24.5 Å². The van der Waals surface area contributed by atoms with Crippen LogP contribution in [0.1, 0.15) is 24.8 Å². The first-order valence-corrected chi connectivity index (χ1v) is 9.55. The van der Waals surface area contributed by atoms with Crippen molar-refractivity contribution in [2.45, 2.75) is 31.9 Å². The Morgan fingerprint density at radius 2 is 2.13 bits per heavy atom. The molecule has 0 radical (unpaired) electrons. The molecule has 0 aromatic carbocycles. The topological polar surface area (TPSA) is 79.9 Å². The van der Waals surface area contributed by atoms with E-state index in [9.17, 15) is 13.6 Å². The van der Waals surface area contributed by atoms with E-state index >= 15 is 0 Å². The minimum Gasteiger partial charge on any atom is -0.416 e. The molecule has 1 unspecified atom stereocenters. The molecule has 2 N–H and O–H groups in total. The molecule has 154 valence electrons. The molecule has 0 spiro atoms. The zero-order chi connectivity index (χ0) is 21.1. The smallest absolute Gasteiger partial charge is 0.388 e. The molecule has 1 atom stereocenters. The van der Waals surface area contributed by atoms with Crippen molar-refractivity contribution in [3.05, 3.63) is 61.1 Å². The first-order chi connectivity index (χ1) is 14.6. The van der Waals surface area contributed by atoms with Crippen molar-refractivity contribution in [2.24, 2.45) is 0 Å². The highest BCUT2D eigenvalue weighted by molar-refractivity contribution is 6.02. The lowest BCUT2D eigenvalue weighted by molar-refractivity contribution is -0.117. The normalized spacial score (nSPS) is 16.4. The predicted molar refractivity (Wildman–Crippen MR) is 110 cm³/mol. The Bertz CT molecular complexity index is 1120. The standard InChI is InChI=1S/C22H20F2N4O2/c1-2-18(29)28-14-6-3-5-13(11-14)15-8-10-25-20-19(15)17(12-27-20)16-7-4-9-26-21(16)30-22(23)24/h2,4-5,7-10,12,14,22H,1,3,6,11H2,(H,25,27)(H,28,29). The Morgan fingerprint density at radius 1 is 1.27 bits per heavy atom. The lowest BCUT2D eigenvalue weighted by Crippen LogP contribution is -2.34. The number of H-pyrrole nitrogens is 1. The van der Waals surface area contributed by atoms with Crippen LogP contribution in [-0.4, -0.2) is 33.5 Å². The van der Waals surface area contributed by atoms with Crippen LogP contribution in [0, 0.1) is 0 Å². The number of alkyl halides is 2. The number of nitrogens with zero attached hydrogens (tertiary/aromatic N) is 2. The Hall–Kier alpha value is -3.55. The minimum absolute atomic E-state index is 0.00257. The van der Waals surface area contributed by atoms with E-state index in [1.807, 2.05) is 6.07 Å². The van der Waals surface area contributed by atoms with Gasteiger partial charge < -0.3 is 15.0 Å². The fourth-order valence-electron chi connectivity index (χ4n) is 3.82. The third-order valence-corrected chi connectivity index (χ3v) is 5.09. The molecule has 1 aliphatic carbocycles. The van der Waals surface area contributed by atoms with Gasteiger partial charge >= 0.3 is 6.61 Å². The summed E-state index contributed by atoms with van der Waals surface area (Å²) in [6.07, 6.45) is 10.5. The van der Waals surface area contributed by atoms with Crippen LogP contribution in [-0.2, 0) is 4.79 Å². The fraction of sp³-hybridized carbons (Fsp3) is 0.227. The van der Waals surface area contributed by atoms with Crippen molar-refractivity contribution < 1.29 is 18.3 Å². The van der Waals surface area contributed by atoms with E-state index < -0.39 is 6.61 Å². The molecule has 0 fully saturated rings. The Balaban J connectivity index is 1.77. The summed E-state index contributed by atoms with van der Waals surface area (Å²) in [6.45, 7) is 0.526. The molecular formula is C22H20F2N4O2. The quantitative estimate of drug-likeness (QED) is 0.588. The number of ether oxygens (including phenoxy) is 1. The van der Waals surface area contributed by atoms with Crippen LogP contribution < -0.4 is 10.1 Å². The van der Waals surface area contributed by atoms with Crippen molar-refractivity contribution in [1.29, 1.82) is 0 Å². The maximum Gasteiger partial charge on any atom is 0.388 e. The Labute approximate surface area is 171 Å². The zero-order valence-corrected chi connectivity index (χ0v) is 16.1. The number of nitrogens with one attached hydrogen (secondary N) is 2. The maximum absolute atomic E-state index is 12.9. The van der Waals surface area contributed by atoms with Crippen molar-refractivity contribution >= 4 is 22.5 Å². The van der Waals surface area contributed by atoms with Gasteiger partial charge in [-0.05, 0) is 54.7 Å². The zero-order valence-electron chi connectivity index (χ0n) is 16.1. The van der Waals surface area contributed by atoms with Gasteiger partial charge in [0, 0.05) is 41.1 Å². The summed E-state index contributed by atoms with van der Waals surface area (Å²) in [7, 11) is 0. The average molecular weight is 410 g/mol. The molecule has 0 saturated heterocycles. The third kappa shape index (κ3) is 3.94. The van der Waals surface area contributed by atoms with Gasteiger partial charge in [0.25, 0.3) is 0 Å². The largest absolute Gasteiger partial charge is 0.416 e. The average Bonchev–Trinajstić information content (AvgIpc) is 3.18. The summed E-state index contributed by atoms with van der Waals surface area (Å²) >= 11 is 0. The van der Waals surface area contributed by atoms with Crippen LogP contribution >= 0.6 is 0 Å². The van der Waals surface area contributed by atoms with Crippen LogP contribution in [0.5, 0.6) is 5.88 Å². The number of hydrogen-bond acceptors (Lipinski definition) is 4. The molecule has 3 heterocycles. The number of carbonyl (C=O) groups is 1. The van der Waals surface area contributed by atoms with Gasteiger partial charge in [0.2, 0.25) is 11.8 Å². The molecule has 0 saturated carbocycles. The second-order valence-electron chi connectivity index (χ2n) is 6.94. The van der Waals surface area contributed by atoms with Gasteiger partial charge in [0.05, 0.1) is 0 Å². The van der Waals surface area contributed by atoms with Gasteiger partial charge in [0.15, 0.2) is 0 Å². The summed E-state index contributed by atoms with van der Waals surface area (Å²) in [5.74, 6) is -0.343. The number of hydrogen-bond donors (Lipinski definition) is 2. The number of allylic oxidation sites excluding steroid dienone is 1. The molecule has 6 nitrogen and oxygen atoms in total. The van der Waals surface area contributed by atoms with Gasteiger partial charge in [-0.25, -0.2) is 9.97 Å². The monoisotopic (exact) mass is 410 g/mol. The number of aromatic nitrogens is 3. The number of halogens is 2. The second kappa shape index (κ2) is 8.44. The van der Waals surface area contributed by atoms with Crippen LogP contribution in [0.2, 0.25) is 0 Å². The van der Waals surface area contributed by atoms with E-state index in [4.69, 9.17) is 0 Å². The highest BCUT2D eigenvalue weighted by Crippen LogP contribution is 2.39. The molecule has 8 heteroatoms. The first-order valence-electron chi connectivity index (χ1n) is 9.55. The molecule has 0 aliphatic heterocycles. The summed E-state index contributed by atoms with van der Waals surface area (Å²) in [5.41, 5.74) is 3.75. The predicted octanol–water partition coefficient (Wildman–Crippen LogP) is 4.46. The fourth-order valence-corrected chi connectivity index (χ4v) is 3.82. The van der Waals surface area contributed by atoms with Crippen molar-refractivity contribution in [3.63, 3.8) is 0 Å². The summed E-state index contributed by atoms with van der Waals surface area (Å²) in [6, 6.07) is 5.25. The lowest BCUT2D eigenvalue weighted by atomic mass is 9.88. The van der Waals surface area contributed by atoms with Crippen LogP contribution in [0.4, 0.5) is 8.78 Å². The van der Waals surface area contributed by atoms with Crippen molar-refractivity contribution in [1.82, 2.24) is 20.3 Å². The van der Waals surface area contributed by atoms with Crippen molar-refractivity contribution in [2.75, 3.05) is 0 Å². The van der Waals surface area contributed by atoms with Crippen molar-refractivity contribution in [3.8, 4) is 17.0 Å². The molecule has 1 aliphatic rings. The molecular weight excluding hydrogens is 390 g/mol. The third-order valence-electron chi connectivity index (χ3n) is 5.09. The van der Waals surface area contributed by atoms with Gasteiger partial charge in [0.1, 0.15) is 5.65 Å². The molecule has 3 aromatic rings. The van der Waals surface area contributed by atoms with Gasteiger partial charge in [-0.2, -0.15) is 8.78 Å². The minimum atomic E-state index is -2.98. The maximum atomic E-state index is 12.9. The summed E-state index contributed by atoms with van der Waals surface area (Å²) in [4.78, 5) is 23.2. The number of rotatable bonds is 6. The van der Waals surface area contributed by atoms with Gasteiger partial charge in [-0.1, -0.05) is 12.7 Å². The summed E-state index contributed by atoms with van der Waals surface area (Å²) < 4.78 is 30.4. The highest BCUT2D eigenvalue weighted by atomic mass is 19.3. The number of pyridine rings is 2. The van der Waals surface area contributed by atoms with Gasteiger partial charge in [-0.15, -0.1) is 0 Å². The molecule has 30 heavy (non-hydrogen) atoms. The van der Waals surface area contributed by atoms with Crippen LogP contribution in [0.3, 0.4) is 0 Å². The second-order valence-corrected chi connectivity index (χ2v) is 6.94. The van der Waals surface area contributed by atoms with Gasteiger partial charge in [-0.3, -0.25) is 4.79 Å². The Kier molecular flexibility index (Phi) is 5.56. The number of carbonyl (C=O) groups excluding carboxylic acids is 1. The van der Waals surface area contributed by atoms with Crippen LogP contribution in [0.25, 0.3) is 27.7 Å². The first kappa shape index (κ1) is 19.8. The van der Waals surface area contributed by atoms with E-state index in [0.717, 1.165) is 29.4 Å². The molecule has 1 amide bonds.